The van der Waals surface area contributed by atoms with Crippen molar-refractivity contribution in [1.29, 1.82) is 0 Å². The van der Waals surface area contributed by atoms with E-state index in [0.29, 0.717) is 6.04 Å². The number of aromatic nitrogens is 2. The second kappa shape index (κ2) is 6.08. The summed E-state index contributed by atoms with van der Waals surface area (Å²) in [6, 6.07) is 0.446. The fourth-order valence-corrected chi connectivity index (χ4v) is 3.46. The predicted octanol–water partition coefficient (Wildman–Crippen LogP) is 2.82. The number of hydrogen-bond acceptors (Lipinski definition) is 3. The third kappa shape index (κ3) is 3.29. The molecule has 1 aromatic rings. The van der Waals surface area contributed by atoms with E-state index in [1.165, 1.54) is 12.8 Å². The van der Waals surface area contributed by atoms with Crippen LogP contribution in [0.15, 0.2) is 12.4 Å². The van der Waals surface area contributed by atoms with E-state index in [-0.39, 0.29) is 6.03 Å². The molecule has 1 N–H and O–H groups in total. The Balaban J connectivity index is 1.57. The number of hydrogen-bond donors (Lipinski definition) is 1. The summed E-state index contributed by atoms with van der Waals surface area (Å²) in [6.07, 6.45) is 7.38. The van der Waals surface area contributed by atoms with Gasteiger partial charge in [-0.15, -0.1) is 0 Å². The van der Waals surface area contributed by atoms with Crippen LogP contribution in [0.1, 0.15) is 32.2 Å². The van der Waals surface area contributed by atoms with Crippen molar-refractivity contribution in [1.82, 2.24) is 14.7 Å². The quantitative estimate of drug-likeness (QED) is 0.932. The van der Waals surface area contributed by atoms with Gasteiger partial charge in [0.25, 0.3) is 0 Å². The zero-order valence-corrected chi connectivity index (χ0v) is 12.7. The second-order valence-corrected chi connectivity index (χ2v) is 6.89. The average Bonchev–Trinajstić information content (AvgIpc) is 3.23. The van der Waals surface area contributed by atoms with Crippen LogP contribution in [-0.4, -0.2) is 45.3 Å². The lowest BCUT2D eigenvalue weighted by atomic mass is 10.2. The van der Waals surface area contributed by atoms with Gasteiger partial charge >= 0.3 is 6.03 Å². The number of anilines is 1. The minimum absolute atomic E-state index is 0.00567. The van der Waals surface area contributed by atoms with Crippen molar-refractivity contribution in [2.75, 3.05) is 29.9 Å². The van der Waals surface area contributed by atoms with Gasteiger partial charge in [-0.2, -0.15) is 16.9 Å². The zero-order chi connectivity index (χ0) is 13.9. The van der Waals surface area contributed by atoms with Gasteiger partial charge in [-0.05, 0) is 37.9 Å². The Kier molecular flexibility index (Phi) is 4.19. The van der Waals surface area contributed by atoms with E-state index in [4.69, 9.17) is 0 Å². The molecule has 1 aliphatic heterocycles. The van der Waals surface area contributed by atoms with E-state index in [0.717, 1.165) is 42.6 Å². The molecule has 2 amide bonds. The Labute approximate surface area is 124 Å². The number of thioether (sulfide) groups is 1. The molecule has 2 aliphatic rings. The van der Waals surface area contributed by atoms with Gasteiger partial charge in [0, 0.05) is 25.0 Å². The Morgan fingerprint density at radius 2 is 2.30 bits per heavy atom. The summed E-state index contributed by atoms with van der Waals surface area (Å²) in [5, 5.41) is 7.34. The Morgan fingerprint density at radius 1 is 1.45 bits per heavy atom. The van der Waals surface area contributed by atoms with E-state index in [2.05, 4.69) is 17.3 Å². The first-order chi connectivity index (χ1) is 9.74. The van der Waals surface area contributed by atoms with Gasteiger partial charge in [-0.25, -0.2) is 4.79 Å². The normalized spacial score (nSPS) is 21.4. The van der Waals surface area contributed by atoms with E-state index < -0.39 is 0 Å². The van der Waals surface area contributed by atoms with Crippen LogP contribution in [-0.2, 0) is 0 Å². The molecular weight excluding hydrogens is 272 g/mol. The Bertz CT molecular complexity index is 463. The van der Waals surface area contributed by atoms with Crippen molar-refractivity contribution in [3.05, 3.63) is 12.4 Å². The first-order valence-electron chi connectivity index (χ1n) is 7.42. The molecule has 1 saturated heterocycles. The minimum atomic E-state index is 0.00567. The lowest BCUT2D eigenvalue weighted by Crippen LogP contribution is -2.36. The van der Waals surface area contributed by atoms with Crippen LogP contribution in [0.2, 0.25) is 0 Å². The first kappa shape index (κ1) is 13.8. The Morgan fingerprint density at radius 3 is 3.10 bits per heavy atom. The summed E-state index contributed by atoms with van der Waals surface area (Å²) < 4.78 is 1.98. The highest BCUT2D eigenvalue weighted by Gasteiger charge is 2.29. The molecule has 0 aromatic carbocycles. The molecule has 20 heavy (non-hydrogen) atoms. The van der Waals surface area contributed by atoms with Crippen LogP contribution in [0, 0.1) is 5.92 Å². The van der Waals surface area contributed by atoms with Gasteiger partial charge in [0.1, 0.15) is 0 Å². The maximum absolute atomic E-state index is 12.2. The van der Waals surface area contributed by atoms with Crippen LogP contribution in [0.5, 0.6) is 0 Å². The van der Waals surface area contributed by atoms with Crippen molar-refractivity contribution < 1.29 is 4.79 Å². The highest BCUT2D eigenvalue weighted by atomic mass is 32.2. The fourth-order valence-electron chi connectivity index (χ4n) is 2.57. The van der Waals surface area contributed by atoms with Crippen LogP contribution < -0.4 is 5.32 Å². The van der Waals surface area contributed by atoms with Crippen LogP contribution in [0.25, 0.3) is 0 Å². The molecule has 110 valence electrons. The fraction of sp³-hybridized carbons (Fsp3) is 0.714. The summed E-state index contributed by atoms with van der Waals surface area (Å²) in [7, 11) is 0. The average molecular weight is 294 g/mol. The highest BCUT2D eigenvalue weighted by Crippen LogP contribution is 2.39. The number of rotatable bonds is 3. The van der Waals surface area contributed by atoms with E-state index in [1.807, 2.05) is 27.5 Å². The summed E-state index contributed by atoms with van der Waals surface area (Å²) in [5.41, 5.74) is 0.805. The van der Waals surface area contributed by atoms with E-state index >= 15 is 0 Å². The van der Waals surface area contributed by atoms with Crippen molar-refractivity contribution in [2.45, 2.75) is 32.2 Å². The van der Waals surface area contributed by atoms with Gasteiger partial charge in [0.05, 0.1) is 17.9 Å². The summed E-state index contributed by atoms with van der Waals surface area (Å²) in [6.45, 7) is 3.89. The van der Waals surface area contributed by atoms with Crippen molar-refractivity contribution >= 4 is 23.5 Å². The SMILES string of the molecule is C[C@H](C1CC1)n1cc(NC(=O)N2CCCSCC2)cn1. The lowest BCUT2D eigenvalue weighted by molar-refractivity contribution is 0.216. The third-order valence-corrected chi connectivity index (χ3v) is 5.13. The molecule has 0 radical (unpaired) electrons. The molecule has 1 aromatic heterocycles. The monoisotopic (exact) mass is 294 g/mol. The molecule has 2 fully saturated rings. The van der Waals surface area contributed by atoms with Gasteiger partial charge < -0.3 is 10.2 Å². The molecule has 6 heteroatoms. The first-order valence-corrected chi connectivity index (χ1v) is 8.57. The van der Waals surface area contributed by atoms with Gasteiger partial charge in [-0.1, -0.05) is 0 Å². The Hall–Kier alpha value is -1.17. The lowest BCUT2D eigenvalue weighted by Gasteiger charge is -2.19. The van der Waals surface area contributed by atoms with Gasteiger partial charge in [0.15, 0.2) is 0 Å². The number of nitrogens with one attached hydrogen (secondary N) is 1. The van der Waals surface area contributed by atoms with Crippen LogP contribution in [0.4, 0.5) is 10.5 Å². The summed E-state index contributed by atoms with van der Waals surface area (Å²) in [4.78, 5) is 14.1. The highest BCUT2D eigenvalue weighted by molar-refractivity contribution is 7.99. The third-order valence-electron chi connectivity index (χ3n) is 4.08. The van der Waals surface area contributed by atoms with E-state index in [1.54, 1.807) is 6.20 Å². The molecule has 1 aliphatic carbocycles. The van der Waals surface area contributed by atoms with Crippen molar-refractivity contribution in [3.63, 3.8) is 0 Å². The summed E-state index contributed by atoms with van der Waals surface area (Å²) >= 11 is 1.92. The van der Waals surface area contributed by atoms with Crippen molar-refractivity contribution in [3.8, 4) is 0 Å². The smallest absolute Gasteiger partial charge is 0.321 e. The molecule has 0 bridgehead atoms. The number of carbonyl (C=O) groups excluding carboxylic acids is 1. The molecular formula is C14H22N4OS. The van der Waals surface area contributed by atoms with Gasteiger partial charge in [-0.3, -0.25) is 4.68 Å². The molecule has 3 rings (SSSR count). The number of amides is 2. The topological polar surface area (TPSA) is 50.2 Å². The molecule has 0 unspecified atom stereocenters. The number of urea groups is 1. The van der Waals surface area contributed by atoms with E-state index in [9.17, 15) is 4.79 Å². The maximum atomic E-state index is 12.2. The van der Waals surface area contributed by atoms with Gasteiger partial charge in [0.2, 0.25) is 0 Å². The molecule has 0 spiro atoms. The molecule has 5 nitrogen and oxygen atoms in total. The standard InChI is InChI=1S/C14H22N4OS/c1-11(12-3-4-12)18-10-13(9-15-18)16-14(19)17-5-2-7-20-8-6-17/h9-12H,2-8H2,1H3,(H,16,19)/t11-/m1/s1. The number of nitrogens with zero attached hydrogens (tertiary/aromatic N) is 3. The summed E-state index contributed by atoms with van der Waals surface area (Å²) in [5.74, 6) is 2.95. The molecule has 2 heterocycles. The predicted molar refractivity (Wildman–Crippen MR) is 82.2 cm³/mol. The number of carbonyl (C=O) groups is 1. The molecule has 1 saturated carbocycles. The zero-order valence-electron chi connectivity index (χ0n) is 11.9. The van der Waals surface area contributed by atoms with Crippen LogP contribution in [0.3, 0.4) is 0 Å². The van der Waals surface area contributed by atoms with Crippen LogP contribution >= 0.6 is 11.8 Å². The second-order valence-electron chi connectivity index (χ2n) is 5.67. The largest absolute Gasteiger partial charge is 0.324 e. The minimum Gasteiger partial charge on any atom is -0.324 e. The van der Waals surface area contributed by atoms with Crippen molar-refractivity contribution in [2.24, 2.45) is 5.92 Å². The maximum Gasteiger partial charge on any atom is 0.321 e. The molecule has 1 atom stereocenters.